The molecule has 2 aromatic rings. The molecule has 1 N–H and O–H groups in total. The predicted molar refractivity (Wildman–Crippen MR) is 66.8 cm³/mol. The topological polar surface area (TPSA) is 71.9 Å². The van der Waals surface area contributed by atoms with E-state index in [1.54, 1.807) is 18.2 Å². The standard InChI is InChI=1S/C13H12N2O3/c1-9-3-2-4-10(7-9)11(16)8-15-13(18)6-5-12(17)14-15/h2-7H,8H2,1H3,(H,14,17). The van der Waals surface area contributed by atoms with Crippen molar-refractivity contribution < 1.29 is 4.79 Å². The number of nitrogens with zero attached hydrogens (tertiary/aromatic N) is 1. The molecule has 0 spiro atoms. The number of H-pyrrole nitrogens is 1. The van der Waals surface area contributed by atoms with Gasteiger partial charge in [0.15, 0.2) is 5.78 Å². The first-order chi connectivity index (χ1) is 8.56. The molecular weight excluding hydrogens is 232 g/mol. The van der Waals surface area contributed by atoms with Gasteiger partial charge in [-0.15, -0.1) is 0 Å². The summed E-state index contributed by atoms with van der Waals surface area (Å²) in [6.45, 7) is 1.71. The lowest BCUT2D eigenvalue weighted by atomic mass is 10.1. The number of hydrogen-bond donors (Lipinski definition) is 1. The molecule has 0 bridgehead atoms. The largest absolute Gasteiger partial charge is 0.292 e. The van der Waals surface area contributed by atoms with E-state index in [1.165, 1.54) is 0 Å². The maximum absolute atomic E-state index is 11.9. The third-order valence-electron chi connectivity index (χ3n) is 2.53. The van der Waals surface area contributed by atoms with E-state index in [2.05, 4.69) is 5.10 Å². The Morgan fingerprint density at radius 3 is 2.72 bits per heavy atom. The number of hydrogen-bond acceptors (Lipinski definition) is 3. The van der Waals surface area contributed by atoms with Crippen LogP contribution >= 0.6 is 0 Å². The third kappa shape index (κ3) is 2.63. The first kappa shape index (κ1) is 12.0. The van der Waals surface area contributed by atoms with Crippen LogP contribution < -0.4 is 11.1 Å². The van der Waals surface area contributed by atoms with Gasteiger partial charge in [-0.05, 0) is 13.0 Å². The van der Waals surface area contributed by atoms with Crippen LogP contribution in [0.4, 0.5) is 0 Å². The zero-order valence-corrected chi connectivity index (χ0v) is 9.84. The molecule has 1 heterocycles. The molecule has 0 radical (unpaired) electrons. The SMILES string of the molecule is Cc1cccc(C(=O)Cn2[nH]c(=O)ccc2=O)c1. The molecule has 1 aromatic heterocycles. The highest BCUT2D eigenvalue weighted by Crippen LogP contribution is 2.05. The van der Waals surface area contributed by atoms with E-state index in [0.717, 1.165) is 22.4 Å². The Morgan fingerprint density at radius 2 is 2.00 bits per heavy atom. The molecule has 18 heavy (non-hydrogen) atoms. The van der Waals surface area contributed by atoms with Gasteiger partial charge in [-0.1, -0.05) is 23.8 Å². The fraction of sp³-hybridized carbons (Fsp3) is 0.154. The maximum Gasteiger partial charge on any atom is 0.265 e. The lowest BCUT2D eigenvalue weighted by Crippen LogP contribution is -2.30. The molecule has 0 fully saturated rings. The average Bonchev–Trinajstić information content (AvgIpc) is 2.34. The summed E-state index contributed by atoms with van der Waals surface area (Å²) >= 11 is 0. The van der Waals surface area contributed by atoms with Crippen LogP contribution in [0.15, 0.2) is 46.0 Å². The predicted octanol–water partition coefficient (Wildman–Crippen LogP) is 0.728. The van der Waals surface area contributed by atoms with E-state index in [4.69, 9.17) is 0 Å². The molecule has 0 aliphatic rings. The lowest BCUT2D eigenvalue weighted by Gasteiger charge is -2.04. The van der Waals surface area contributed by atoms with Crippen molar-refractivity contribution in [3.8, 4) is 0 Å². The van der Waals surface area contributed by atoms with Gasteiger partial charge in [0.2, 0.25) is 0 Å². The molecular formula is C13H12N2O3. The first-order valence-corrected chi connectivity index (χ1v) is 5.46. The van der Waals surface area contributed by atoms with Gasteiger partial charge >= 0.3 is 0 Å². The van der Waals surface area contributed by atoms with Crippen molar-refractivity contribution in [1.82, 2.24) is 9.78 Å². The number of carbonyl (C=O) groups excluding carboxylic acids is 1. The monoisotopic (exact) mass is 244 g/mol. The fourth-order valence-corrected chi connectivity index (χ4v) is 1.63. The number of nitrogens with one attached hydrogen (secondary N) is 1. The summed E-state index contributed by atoms with van der Waals surface area (Å²) in [7, 11) is 0. The molecule has 0 saturated heterocycles. The van der Waals surface area contributed by atoms with Crippen molar-refractivity contribution in [3.63, 3.8) is 0 Å². The van der Waals surface area contributed by atoms with Crippen LogP contribution in [-0.2, 0) is 6.54 Å². The van der Waals surface area contributed by atoms with Crippen LogP contribution in [0.1, 0.15) is 15.9 Å². The Labute approximate surface area is 103 Å². The second kappa shape index (κ2) is 4.83. The number of Topliss-reactive ketones (excluding diaryl/α,β-unsaturated/α-hetero) is 1. The summed E-state index contributed by atoms with van der Waals surface area (Å²) in [5.74, 6) is -0.220. The number of rotatable bonds is 3. The Bertz CT molecular complexity index is 698. The molecule has 5 heteroatoms. The van der Waals surface area contributed by atoms with Crippen LogP contribution in [0.5, 0.6) is 0 Å². The van der Waals surface area contributed by atoms with Gasteiger partial charge in [-0.25, -0.2) is 4.68 Å². The van der Waals surface area contributed by atoms with Crippen LogP contribution in [0.2, 0.25) is 0 Å². The number of benzene rings is 1. The average molecular weight is 244 g/mol. The molecule has 2 rings (SSSR count). The van der Waals surface area contributed by atoms with E-state index < -0.39 is 11.1 Å². The molecule has 0 unspecified atom stereocenters. The zero-order valence-electron chi connectivity index (χ0n) is 9.84. The van der Waals surface area contributed by atoms with E-state index in [0.29, 0.717) is 5.56 Å². The summed E-state index contributed by atoms with van der Waals surface area (Å²) in [5.41, 5.74) is 0.670. The Hall–Kier alpha value is -2.43. The minimum absolute atomic E-state index is 0.168. The molecule has 0 atom stereocenters. The van der Waals surface area contributed by atoms with Gasteiger partial charge in [0.1, 0.15) is 6.54 Å². The van der Waals surface area contributed by atoms with E-state index in [-0.39, 0.29) is 12.3 Å². The van der Waals surface area contributed by atoms with Crippen molar-refractivity contribution >= 4 is 5.78 Å². The van der Waals surface area contributed by atoms with Crippen LogP contribution in [0.25, 0.3) is 0 Å². The summed E-state index contributed by atoms with van der Waals surface area (Å²) in [6.07, 6.45) is 0. The third-order valence-corrected chi connectivity index (χ3v) is 2.53. The van der Waals surface area contributed by atoms with E-state index in [9.17, 15) is 14.4 Å². The highest BCUT2D eigenvalue weighted by atomic mass is 16.2. The number of ketones is 1. The number of carbonyl (C=O) groups is 1. The molecule has 5 nitrogen and oxygen atoms in total. The number of aromatic amines is 1. The van der Waals surface area contributed by atoms with Gasteiger partial charge in [-0.3, -0.25) is 19.5 Å². The smallest absolute Gasteiger partial charge is 0.265 e. The summed E-state index contributed by atoms with van der Waals surface area (Å²) in [6, 6.07) is 9.36. The molecule has 0 saturated carbocycles. The van der Waals surface area contributed by atoms with Crippen molar-refractivity contribution in [3.05, 3.63) is 68.2 Å². The van der Waals surface area contributed by atoms with Crippen molar-refractivity contribution in [2.24, 2.45) is 0 Å². The molecule has 0 amide bonds. The fourth-order valence-electron chi connectivity index (χ4n) is 1.63. The van der Waals surface area contributed by atoms with Gasteiger partial charge in [0.05, 0.1) is 0 Å². The minimum atomic E-state index is -0.411. The van der Waals surface area contributed by atoms with Gasteiger partial charge in [0, 0.05) is 17.7 Å². The molecule has 1 aromatic carbocycles. The Morgan fingerprint density at radius 1 is 1.22 bits per heavy atom. The van der Waals surface area contributed by atoms with Crippen molar-refractivity contribution in [1.29, 1.82) is 0 Å². The first-order valence-electron chi connectivity index (χ1n) is 5.46. The second-order valence-corrected chi connectivity index (χ2v) is 4.03. The van der Waals surface area contributed by atoms with Crippen LogP contribution in [0, 0.1) is 6.92 Å². The normalized spacial score (nSPS) is 10.3. The van der Waals surface area contributed by atoms with Crippen molar-refractivity contribution in [2.75, 3.05) is 0 Å². The maximum atomic E-state index is 11.9. The number of aromatic nitrogens is 2. The minimum Gasteiger partial charge on any atom is -0.292 e. The van der Waals surface area contributed by atoms with Gasteiger partial charge in [0.25, 0.3) is 11.1 Å². The van der Waals surface area contributed by atoms with Gasteiger partial charge in [-0.2, -0.15) is 0 Å². The summed E-state index contributed by atoms with van der Waals surface area (Å²) in [5, 5.41) is 2.32. The lowest BCUT2D eigenvalue weighted by molar-refractivity contribution is 0.0965. The van der Waals surface area contributed by atoms with Crippen molar-refractivity contribution in [2.45, 2.75) is 13.5 Å². The summed E-state index contributed by atoms with van der Waals surface area (Å²) < 4.78 is 1.01. The number of aryl methyl sites for hydroxylation is 1. The second-order valence-electron chi connectivity index (χ2n) is 4.03. The van der Waals surface area contributed by atoms with E-state index in [1.807, 2.05) is 13.0 Å². The zero-order chi connectivity index (χ0) is 13.1. The molecule has 92 valence electrons. The van der Waals surface area contributed by atoms with E-state index >= 15 is 0 Å². The summed E-state index contributed by atoms with van der Waals surface area (Å²) in [4.78, 5) is 34.5. The van der Waals surface area contributed by atoms with Crippen LogP contribution in [0.3, 0.4) is 0 Å². The Kier molecular flexibility index (Phi) is 3.23. The van der Waals surface area contributed by atoms with Crippen LogP contribution in [-0.4, -0.2) is 15.6 Å². The molecule has 0 aliphatic heterocycles. The van der Waals surface area contributed by atoms with Gasteiger partial charge < -0.3 is 0 Å². The Balaban J connectivity index is 2.29. The molecule has 0 aliphatic carbocycles. The quantitative estimate of drug-likeness (QED) is 0.809. The highest BCUT2D eigenvalue weighted by molar-refractivity contribution is 5.95. The highest BCUT2D eigenvalue weighted by Gasteiger charge is 2.08.